The highest BCUT2D eigenvalue weighted by Crippen LogP contribution is 2.26. The van der Waals surface area contributed by atoms with Gasteiger partial charge in [-0.25, -0.2) is 0 Å². The van der Waals surface area contributed by atoms with Crippen molar-refractivity contribution < 1.29 is 4.79 Å². The number of halogens is 1. The van der Waals surface area contributed by atoms with Gasteiger partial charge in [0.2, 0.25) is 0 Å². The largest absolute Gasteiger partial charge is 0.302 e. The van der Waals surface area contributed by atoms with E-state index in [4.69, 9.17) is 0 Å². The molecule has 3 heteroatoms. The van der Waals surface area contributed by atoms with Crippen LogP contribution in [0.3, 0.4) is 0 Å². The summed E-state index contributed by atoms with van der Waals surface area (Å²) in [6.45, 7) is 0.441. The zero-order chi connectivity index (χ0) is 14.1. The first kappa shape index (κ1) is 15.5. The van der Waals surface area contributed by atoms with Crippen LogP contribution >= 0.6 is 12.4 Å². The van der Waals surface area contributed by atoms with E-state index in [1.807, 2.05) is 49.3 Å². The Morgan fingerprint density at radius 2 is 1.52 bits per heavy atom. The molecule has 3 rings (SSSR count). The van der Waals surface area contributed by atoms with Crippen molar-refractivity contribution in [3.05, 3.63) is 60.2 Å². The summed E-state index contributed by atoms with van der Waals surface area (Å²) in [5.74, 6) is 0.157. The lowest BCUT2D eigenvalue weighted by atomic mass is 9.99. The first-order valence-electron chi connectivity index (χ1n) is 6.74. The van der Waals surface area contributed by atoms with Gasteiger partial charge in [-0.05, 0) is 41.7 Å². The Morgan fingerprint density at radius 3 is 2.24 bits per heavy atom. The van der Waals surface area contributed by atoms with Crippen molar-refractivity contribution in [1.29, 1.82) is 0 Å². The molecule has 0 saturated heterocycles. The lowest BCUT2D eigenvalue weighted by Gasteiger charge is -2.10. The van der Waals surface area contributed by atoms with E-state index in [1.54, 1.807) is 0 Å². The Kier molecular flexibility index (Phi) is 4.61. The van der Waals surface area contributed by atoms with E-state index in [9.17, 15) is 4.79 Å². The fourth-order valence-corrected chi connectivity index (χ4v) is 2.55. The molecule has 21 heavy (non-hydrogen) atoms. The summed E-state index contributed by atoms with van der Waals surface area (Å²) < 4.78 is 0. The standard InChI is InChI=1S/C18H17NO.ClH/c1-19(2)12-18(20)15-10-9-14-8-7-13-5-3-4-6-16(13)17(14)11-15;/h3-11H,12H2,1-2H3;1H. The number of carbonyl (C=O) groups is 1. The summed E-state index contributed by atoms with van der Waals surface area (Å²) in [6.07, 6.45) is 0. The first-order valence-corrected chi connectivity index (χ1v) is 6.74. The van der Waals surface area contributed by atoms with Crippen LogP contribution in [0.25, 0.3) is 21.5 Å². The van der Waals surface area contributed by atoms with Crippen LogP contribution in [0.4, 0.5) is 0 Å². The molecule has 0 spiro atoms. The van der Waals surface area contributed by atoms with E-state index in [0.29, 0.717) is 6.54 Å². The Morgan fingerprint density at radius 1 is 0.905 bits per heavy atom. The summed E-state index contributed by atoms with van der Waals surface area (Å²) in [6, 6.07) is 18.5. The van der Waals surface area contributed by atoms with Gasteiger partial charge in [-0.3, -0.25) is 4.79 Å². The van der Waals surface area contributed by atoms with Crippen LogP contribution in [-0.4, -0.2) is 31.3 Å². The third-order valence-electron chi connectivity index (χ3n) is 3.53. The molecule has 0 fully saturated rings. The number of benzene rings is 3. The molecule has 0 aliphatic heterocycles. The second-order valence-electron chi connectivity index (χ2n) is 5.38. The number of ketones is 1. The highest BCUT2D eigenvalue weighted by atomic mass is 35.5. The molecule has 3 aromatic rings. The lowest BCUT2D eigenvalue weighted by Crippen LogP contribution is -2.21. The number of hydrogen-bond acceptors (Lipinski definition) is 2. The average Bonchev–Trinajstić information content (AvgIpc) is 2.46. The minimum Gasteiger partial charge on any atom is -0.302 e. The van der Waals surface area contributed by atoms with Crippen LogP contribution in [0.1, 0.15) is 10.4 Å². The maximum Gasteiger partial charge on any atom is 0.176 e. The molecule has 0 bridgehead atoms. The number of likely N-dealkylation sites (N-methyl/N-ethyl adjacent to an activating group) is 1. The van der Waals surface area contributed by atoms with Crippen molar-refractivity contribution in [2.45, 2.75) is 0 Å². The third kappa shape index (κ3) is 3.07. The molecule has 0 aliphatic carbocycles. The molecule has 0 saturated carbocycles. The smallest absolute Gasteiger partial charge is 0.176 e. The van der Waals surface area contributed by atoms with Gasteiger partial charge < -0.3 is 4.90 Å². The minimum absolute atomic E-state index is 0. The predicted octanol–water partition coefficient (Wildman–Crippen LogP) is 4.16. The Balaban J connectivity index is 0.00000161. The quantitative estimate of drug-likeness (QED) is 0.535. The first-order chi connectivity index (χ1) is 9.65. The van der Waals surface area contributed by atoms with Crippen LogP contribution in [0.2, 0.25) is 0 Å². The minimum atomic E-state index is 0. The van der Waals surface area contributed by atoms with Gasteiger partial charge in [-0.1, -0.05) is 48.5 Å². The van der Waals surface area contributed by atoms with Gasteiger partial charge in [-0.2, -0.15) is 0 Å². The fourth-order valence-electron chi connectivity index (χ4n) is 2.55. The second kappa shape index (κ2) is 6.25. The topological polar surface area (TPSA) is 20.3 Å². The van der Waals surface area contributed by atoms with Gasteiger partial charge >= 0.3 is 0 Å². The van der Waals surface area contributed by atoms with Gasteiger partial charge in [0.05, 0.1) is 6.54 Å². The molecule has 3 aromatic carbocycles. The SMILES string of the molecule is CN(C)CC(=O)c1ccc2ccc3ccccc3c2c1.Cl. The normalized spacial score (nSPS) is 10.8. The van der Waals surface area contributed by atoms with Gasteiger partial charge in [-0.15, -0.1) is 12.4 Å². The molecule has 0 amide bonds. The average molecular weight is 300 g/mol. The van der Waals surface area contributed by atoms with Gasteiger partial charge in [0.15, 0.2) is 5.78 Å². The summed E-state index contributed by atoms with van der Waals surface area (Å²) in [5.41, 5.74) is 0.780. The molecule has 0 heterocycles. The lowest BCUT2D eigenvalue weighted by molar-refractivity contribution is 0.0958. The maximum atomic E-state index is 12.2. The van der Waals surface area contributed by atoms with Crippen LogP contribution in [0, 0.1) is 0 Å². The molecule has 0 radical (unpaired) electrons. The Labute approximate surface area is 130 Å². The number of carbonyl (C=O) groups excluding carboxylic acids is 1. The number of fused-ring (bicyclic) bond motifs is 3. The molecule has 0 aliphatic rings. The van der Waals surface area contributed by atoms with Crippen molar-refractivity contribution in [3.8, 4) is 0 Å². The van der Waals surface area contributed by atoms with Gasteiger partial charge in [0.25, 0.3) is 0 Å². The van der Waals surface area contributed by atoms with E-state index in [2.05, 4.69) is 24.3 Å². The van der Waals surface area contributed by atoms with Gasteiger partial charge in [0, 0.05) is 5.56 Å². The van der Waals surface area contributed by atoms with Crippen molar-refractivity contribution >= 4 is 39.7 Å². The predicted molar refractivity (Wildman–Crippen MR) is 91.6 cm³/mol. The maximum absolute atomic E-state index is 12.2. The van der Waals surface area contributed by atoms with E-state index in [1.165, 1.54) is 16.2 Å². The molecular weight excluding hydrogens is 282 g/mol. The highest BCUT2D eigenvalue weighted by molar-refractivity contribution is 6.10. The third-order valence-corrected chi connectivity index (χ3v) is 3.53. The molecule has 0 atom stereocenters. The molecule has 0 N–H and O–H groups in total. The van der Waals surface area contributed by atoms with E-state index in [0.717, 1.165) is 10.9 Å². The van der Waals surface area contributed by atoms with Crippen molar-refractivity contribution in [2.24, 2.45) is 0 Å². The number of nitrogens with zero attached hydrogens (tertiary/aromatic N) is 1. The highest BCUT2D eigenvalue weighted by Gasteiger charge is 2.09. The fraction of sp³-hybridized carbons (Fsp3) is 0.167. The molecule has 0 aromatic heterocycles. The number of Topliss-reactive ketones (excluding diaryl/α,β-unsaturated/α-hetero) is 1. The number of hydrogen-bond donors (Lipinski definition) is 0. The Hall–Kier alpha value is -1.90. The van der Waals surface area contributed by atoms with Crippen LogP contribution < -0.4 is 0 Å². The summed E-state index contributed by atoms with van der Waals surface area (Å²) in [5, 5.41) is 4.72. The van der Waals surface area contributed by atoms with Crippen molar-refractivity contribution in [3.63, 3.8) is 0 Å². The zero-order valence-electron chi connectivity index (χ0n) is 12.2. The van der Waals surface area contributed by atoms with E-state index >= 15 is 0 Å². The monoisotopic (exact) mass is 299 g/mol. The molecule has 108 valence electrons. The van der Waals surface area contributed by atoms with Crippen molar-refractivity contribution in [2.75, 3.05) is 20.6 Å². The second-order valence-corrected chi connectivity index (χ2v) is 5.38. The molecule has 2 nitrogen and oxygen atoms in total. The van der Waals surface area contributed by atoms with Crippen LogP contribution in [0.15, 0.2) is 54.6 Å². The van der Waals surface area contributed by atoms with Crippen LogP contribution in [-0.2, 0) is 0 Å². The van der Waals surface area contributed by atoms with Crippen molar-refractivity contribution in [1.82, 2.24) is 4.90 Å². The molecular formula is C18H18ClNO. The molecule has 0 unspecified atom stereocenters. The summed E-state index contributed by atoms with van der Waals surface area (Å²) in [4.78, 5) is 14.1. The van der Waals surface area contributed by atoms with Crippen LogP contribution in [0.5, 0.6) is 0 Å². The zero-order valence-corrected chi connectivity index (χ0v) is 13.0. The van der Waals surface area contributed by atoms with Gasteiger partial charge in [0.1, 0.15) is 0 Å². The summed E-state index contributed by atoms with van der Waals surface area (Å²) in [7, 11) is 3.82. The Bertz CT molecular complexity index is 795. The number of rotatable bonds is 3. The van der Waals surface area contributed by atoms with E-state index in [-0.39, 0.29) is 18.2 Å². The van der Waals surface area contributed by atoms with E-state index < -0.39 is 0 Å². The summed E-state index contributed by atoms with van der Waals surface area (Å²) >= 11 is 0.